The standard InChI is InChI=1S/C13H11NO4S/c15-11-6-9(13(17)18)1-2-10(11)14-12(16)5-8-3-4-19-7-8/h1-4,6-7,15H,5H2,(H,14,16)(H,17,18). The molecule has 0 radical (unpaired) electrons. The lowest BCUT2D eigenvalue weighted by Gasteiger charge is -2.07. The third kappa shape index (κ3) is 3.32. The lowest BCUT2D eigenvalue weighted by Crippen LogP contribution is -2.14. The van der Waals surface area contributed by atoms with Gasteiger partial charge in [0.15, 0.2) is 0 Å². The maximum absolute atomic E-state index is 11.7. The van der Waals surface area contributed by atoms with Gasteiger partial charge in [-0.05, 0) is 40.6 Å². The average Bonchev–Trinajstić information content (AvgIpc) is 2.84. The Balaban J connectivity index is 2.07. The molecular weight excluding hydrogens is 266 g/mol. The van der Waals surface area contributed by atoms with Crippen LogP contribution < -0.4 is 5.32 Å². The molecule has 19 heavy (non-hydrogen) atoms. The van der Waals surface area contributed by atoms with Crippen LogP contribution >= 0.6 is 11.3 Å². The average molecular weight is 277 g/mol. The normalized spacial score (nSPS) is 10.1. The number of carboxylic acids is 1. The van der Waals surface area contributed by atoms with Crippen molar-refractivity contribution in [2.75, 3.05) is 5.32 Å². The van der Waals surface area contributed by atoms with Crippen molar-refractivity contribution in [3.05, 3.63) is 46.2 Å². The molecule has 2 rings (SSSR count). The number of hydrogen-bond acceptors (Lipinski definition) is 4. The third-order valence-corrected chi connectivity index (χ3v) is 3.20. The summed E-state index contributed by atoms with van der Waals surface area (Å²) in [4.78, 5) is 22.4. The number of amides is 1. The number of benzene rings is 1. The highest BCUT2D eigenvalue weighted by molar-refractivity contribution is 7.08. The number of aromatic carboxylic acids is 1. The number of nitrogens with one attached hydrogen (secondary N) is 1. The maximum atomic E-state index is 11.7. The molecule has 0 bridgehead atoms. The minimum absolute atomic E-state index is 0.0340. The van der Waals surface area contributed by atoms with Gasteiger partial charge in [0.1, 0.15) is 5.75 Å². The highest BCUT2D eigenvalue weighted by Crippen LogP contribution is 2.24. The summed E-state index contributed by atoms with van der Waals surface area (Å²) in [6.45, 7) is 0. The Kier molecular flexibility index (Phi) is 3.82. The number of carbonyl (C=O) groups excluding carboxylic acids is 1. The van der Waals surface area contributed by atoms with Gasteiger partial charge >= 0.3 is 5.97 Å². The number of phenols is 1. The van der Waals surface area contributed by atoms with E-state index < -0.39 is 5.97 Å². The largest absolute Gasteiger partial charge is 0.506 e. The predicted octanol–water partition coefficient (Wildman–Crippen LogP) is 2.33. The van der Waals surface area contributed by atoms with Crippen LogP contribution in [0.4, 0.5) is 5.69 Å². The van der Waals surface area contributed by atoms with Crippen molar-refractivity contribution >= 4 is 28.9 Å². The molecule has 3 N–H and O–H groups in total. The summed E-state index contributed by atoms with van der Waals surface area (Å²) < 4.78 is 0. The van der Waals surface area contributed by atoms with Crippen LogP contribution in [0.2, 0.25) is 0 Å². The minimum atomic E-state index is -1.13. The van der Waals surface area contributed by atoms with Crippen LogP contribution in [0.1, 0.15) is 15.9 Å². The Labute approximate surface area is 113 Å². The Morgan fingerprint density at radius 3 is 2.63 bits per heavy atom. The maximum Gasteiger partial charge on any atom is 0.335 e. The molecule has 0 spiro atoms. The van der Waals surface area contributed by atoms with Crippen molar-refractivity contribution < 1.29 is 19.8 Å². The lowest BCUT2D eigenvalue weighted by atomic mass is 10.2. The van der Waals surface area contributed by atoms with E-state index in [1.165, 1.54) is 23.5 Å². The first-order chi connectivity index (χ1) is 9.06. The highest BCUT2D eigenvalue weighted by atomic mass is 32.1. The van der Waals surface area contributed by atoms with Gasteiger partial charge in [-0.1, -0.05) is 0 Å². The van der Waals surface area contributed by atoms with Crippen molar-refractivity contribution in [2.24, 2.45) is 0 Å². The fraction of sp³-hybridized carbons (Fsp3) is 0.0769. The zero-order valence-electron chi connectivity index (χ0n) is 9.79. The van der Waals surface area contributed by atoms with Crippen molar-refractivity contribution in [1.29, 1.82) is 0 Å². The molecule has 1 aromatic heterocycles. The fourth-order valence-corrected chi connectivity index (χ4v) is 2.21. The fourth-order valence-electron chi connectivity index (χ4n) is 1.54. The molecule has 0 saturated carbocycles. The number of carbonyl (C=O) groups is 2. The predicted molar refractivity (Wildman–Crippen MR) is 71.7 cm³/mol. The molecule has 0 atom stereocenters. The van der Waals surface area contributed by atoms with Crippen LogP contribution in [0.3, 0.4) is 0 Å². The first-order valence-electron chi connectivity index (χ1n) is 5.43. The summed E-state index contributed by atoms with van der Waals surface area (Å²) in [5.74, 6) is -1.67. The number of carboxylic acid groups (broad SMARTS) is 1. The quantitative estimate of drug-likeness (QED) is 0.749. The van der Waals surface area contributed by atoms with Gasteiger partial charge in [0.25, 0.3) is 0 Å². The van der Waals surface area contributed by atoms with Gasteiger partial charge in [-0.15, -0.1) is 0 Å². The molecule has 1 heterocycles. The summed E-state index contributed by atoms with van der Waals surface area (Å²) in [6.07, 6.45) is 0.212. The number of anilines is 1. The van der Waals surface area contributed by atoms with Crippen LogP contribution in [0.15, 0.2) is 35.0 Å². The molecule has 0 aliphatic heterocycles. The van der Waals surface area contributed by atoms with Gasteiger partial charge in [0.2, 0.25) is 5.91 Å². The van der Waals surface area contributed by atoms with Gasteiger partial charge in [-0.25, -0.2) is 4.79 Å². The summed E-state index contributed by atoms with van der Waals surface area (Å²) in [5.41, 5.74) is 1.06. The van der Waals surface area contributed by atoms with E-state index in [1.807, 2.05) is 16.8 Å². The van der Waals surface area contributed by atoms with E-state index in [0.29, 0.717) is 0 Å². The smallest absolute Gasteiger partial charge is 0.335 e. The minimum Gasteiger partial charge on any atom is -0.506 e. The number of thiophene rings is 1. The first kappa shape index (κ1) is 13.1. The topological polar surface area (TPSA) is 86.6 Å². The molecule has 0 aliphatic rings. The molecule has 0 unspecified atom stereocenters. The summed E-state index contributed by atoms with van der Waals surface area (Å²) >= 11 is 1.50. The van der Waals surface area contributed by atoms with E-state index >= 15 is 0 Å². The SMILES string of the molecule is O=C(Cc1ccsc1)Nc1ccc(C(=O)O)cc1O. The Bertz CT molecular complexity index is 607. The van der Waals surface area contributed by atoms with Gasteiger partial charge in [0.05, 0.1) is 17.7 Å². The van der Waals surface area contributed by atoms with Crippen LogP contribution in [-0.4, -0.2) is 22.1 Å². The Hall–Kier alpha value is -2.34. The van der Waals surface area contributed by atoms with Gasteiger partial charge < -0.3 is 15.5 Å². The second-order valence-electron chi connectivity index (χ2n) is 3.89. The monoisotopic (exact) mass is 277 g/mol. The summed E-state index contributed by atoms with van der Waals surface area (Å²) in [7, 11) is 0. The molecule has 0 aliphatic carbocycles. The van der Waals surface area contributed by atoms with E-state index in [1.54, 1.807) is 0 Å². The highest BCUT2D eigenvalue weighted by Gasteiger charge is 2.10. The summed E-state index contributed by atoms with van der Waals surface area (Å²) in [5, 5.41) is 24.7. The van der Waals surface area contributed by atoms with Gasteiger partial charge in [-0.2, -0.15) is 11.3 Å². The number of aromatic hydroxyl groups is 1. The van der Waals surface area contributed by atoms with E-state index in [9.17, 15) is 14.7 Å². The number of hydrogen-bond donors (Lipinski definition) is 3. The molecular formula is C13H11NO4S. The molecule has 98 valence electrons. The van der Waals surface area contributed by atoms with Gasteiger partial charge in [0, 0.05) is 0 Å². The van der Waals surface area contributed by atoms with Gasteiger partial charge in [-0.3, -0.25) is 4.79 Å². The molecule has 2 aromatic rings. The van der Waals surface area contributed by atoms with E-state index in [2.05, 4.69) is 5.32 Å². The number of phenolic OH excluding ortho intramolecular Hbond substituents is 1. The van der Waals surface area contributed by atoms with Crippen molar-refractivity contribution in [3.8, 4) is 5.75 Å². The van der Waals surface area contributed by atoms with Crippen LogP contribution in [0, 0.1) is 0 Å². The van der Waals surface area contributed by atoms with E-state index in [0.717, 1.165) is 11.6 Å². The first-order valence-corrected chi connectivity index (χ1v) is 6.38. The van der Waals surface area contributed by atoms with E-state index in [4.69, 9.17) is 5.11 Å². The second kappa shape index (κ2) is 5.53. The molecule has 1 aromatic carbocycles. The Morgan fingerprint density at radius 2 is 2.05 bits per heavy atom. The van der Waals surface area contributed by atoms with Crippen molar-refractivity contribution in [1.82, 2.24) is 0 Å². The van der Waals surface area contributed by atoms with Crippen LogP contribution in [0.25, 0.3) is 0 Å². The summed E-state index contributed by atoms with van der Waals surface area (Å²) in [6, 6.07) is 5.63. The third-order valence-electron chi connectivity index (χ3n) is 2.46. The molecule has 0 saturated heterocycles. The molecule has 5 nitrogen and oxygen atoms in total. The van der Waals surface area contributed by atoms with Crippen molar-refractivity contribution in [3.63, 3.8) is 0 Å². The molecule has 1 amide bonds. The zero-order valence-corrected chi connectivity index (χ0v) is 10.6. The lowest BCUT2D eigenvalue weighted by molar-refractivity contribution is -0.115. The zero-order chi connectivity index (χ0) is 13.8. The van der Waals surface area contributed by atoms with E-state index in [-0.39, 0.29) is 29.3 Å². The molecule has 0 fully saturated rings. The van der Waals surface area contributed by atoms with Crippen LogP contribution in [0.5, 0.6) is 5.75 Å². The Morgan fingerprint density at radius 1 is 1.26 bits per heavy atom. The molecule has 6 heteroatoms. The number of rotatable bonds is 4. The second-order valence-corrected chi connectivity index (χ2v) is 4.67. The van der Waals surface area contributed by atoms with Crippen molar-refractivity contribution in [2.45, 2.75) is 6.42 Å². The van der Waals surface area contributed by atoms with Crippen LogP contribution in [-0.2, 0) is 11.2 Å².